The van der Waals surface area contributed by atoms with E-state index in [1.165, 1.54) is 0 Å². The van der Waals surface area contributed by atoms with E-state index in [0.717, 1.165) is 34.5 Å². The molecule has 0 radical (unpaired) electrons. The predicted molar refractivity (Wildman–Crippen MR) is 160 cm³/mol. The second-order valence-electron chi connectivity index (χ2n) is 7.85. The Hall–Kier alpha value is -2.62. The summed E-state index contributed by atoms with van der Waals surface area (Å²) < 4.78 is 16.1. The number of para-hydroxylation sites is 2. The topological polar surface area (TPSA) is 110 Å². The molecule has 2 aromatic heterocycles. The van der Waals surface area contributed by atoms with Crippen molar-refractivity contribution in [3.05, 3.63) is 81.9 Å². The third-order valence-corrected chi connectivity index (χ3v) is 7.47. The number of nitrogens with one attached hydrogen (secondary N) is 4. The van der Waals surface area contributed by atoms with Crippen LogP contribution in [0.4, 0.5) is 11.4 Å². The Labute approximate surface area is 239 Å². The van der Waals surface area contributed by atoms with Crippen molar-refractivity contribution >= 4 is 59.3 Å². The Morgan fingerprint density at radius 3 is 1.50 bits per heavy atom. The number of anilines is 2. The van der Waals surface area contributed by atoms with Crippen molar-refractivity contribution in [3.8, 4) is 0 Å². The van der Waals surface area contributed by atoms with Gasteiger partial charge in [-0.1, -0.05) is 36.4 Å². The summed E-state index contributed by atoms with van der Waals surface area (Å²) in [6.45, 7) is 2.44. The van der Waals surface area contributed by atoms with Gasteiger partial charge in [0.1, 0.15) is 0 Å². The van der Waals surface area contributed by atoms with Gasteiger partial charge in [-0.15, -0.1) is 0 Å². The molecule has 0 saturated carbocycles. The van der Waals surface area contributed by atoms with E-state index >= 15 is 0 Å². The van der Waals surface area contributed by atoms with E-state index in [2.05, 4.69) is 31.2 Å². The van der Waals surface area contributed by atoms with E-state index in [1.807, 2.05) is 60.7 Å². The maximum absolute atomic E-state index is 5.69. The number of hydrogen-bond donors (Lipinski definition) is 4. The van der Waals surface area contributed by atoms with Crippen LogP contribution in [-0.4, -0.2) is 67.7 Å². The van der Waals surface area contributed by atoms with Crippen molar-refractivity contribution in [1.29, 1.82) is 0 Å². The Kier molecular flexibility index (Phi) is 11.7. The monoisotopic (exact) mass is 590 g/mol. The molecule has 2 aromatic carbocycles. The van der Waals surface area contributed by atoms with E-state index in [1.54, 1.807) is 32.9 Å². The summed E-state index contributed by atoms with van der Waals surface area (Å²) in [5.41, 5.74) is 8.45. The van der Waals surface area contributed by atoms with Gasteiger partial charge in [0.15, 0.2) is 11.6 Å². The molecule has 0 aliphatic heterocycles. The smallest absolute Gasteiger partial charge is 0.214 e. The first-order valence-electron chi connectivity index (χ1n) is 12.0. The SMILES string of the molecule is S=c1[nH]nc(CSCCOCCOCCSCc2n[nH]c(=S)n2Nc2ccccc2)n1Nc1ccccc1. The highest BCUT2D eigenvalue weighted by Crippen LogP contribution is 2.14. The lowest BCUT2D eigenvalue weighted by molar-refractivity contribution is 0.0605. The third kappa shape index (κ3) is 8.99. The van der Waals surface area contributed by atoms with E-state index in [0.29, 0.717) is 47.5 Å². The number of thioether (sulfide) groups is 2. The van der Waals surface area contributed by atoms with Crippen molar-refractivity contribution in [3.63, 3.8) is 0 Å². The van der Waals surface area contributed by atoms with E-state index in [4.69, 9.17) is 33.9 Å². The number of nitrogens with zero attached hydrogens (tertiary/aromatic N) is 4. The molecule has 202 valence electrons. The zero-order valence-electron chi connectivity index (χ0n) is 20.7. The van der Waals surface area contributed by atoms with Gasteiger partial charge in [0.2, 0.25) is 9.54 Å². The maximum atomic E-state index is 5.69. The van der Waals surface area contributed by atoms with Crippen LogP contribution in [0.5, 0.6) is 0 Å². The Morgan fingerprint density at radius 2 is 1.08 bits per heavy atom. The maximum Gasteiger partial charge on any atom is 0.214 e. The van der Waals surface area contributed by atoms with Crippen LogP contribution < -0.4 is 10.9 Å². The molecule has 0 aliphatic carbocycles. The Morgan fingerprint density at radius 1 is 0.658 bits per heavy atom. The molecule has 2 heterocycles. The van der Waals surface area contributed by atoms with Crippen LogP contribution >= 0.6 is 48.0 Å². The largest absolute Gasteiger partial charge is 0.378 e. The summed E-state index contributed by atoms with van der Waals surface area (Å²) in [4.78, 5) is 0. The van der Waals surface area contributed by atoms with Crippen LogP contribution in [0.3, 0.4) is 0 Å². The van der Waals surface area contributed by atoms with Crippen LogP contribution in [-0.2, 0) is 21.0 Å². The number of H-pyrrole nitrogens is 2. The molecule has 10 nitrogen and oxygen atoms in total. The van der Waals surface area contributed by atoms with Crippen LogP contribution in [0.15, 0.2) is 60.7 Å². The molecule has 0 fully saturated rings. The van der Waals surface area contributed by atoms with E-state index < -0.39 is 0 Å². The first-order chi connectivity index (χ1) is 18.7. The average molecular weight is 591 g/mol. The summed E-state index contributed by atoms with van der Waals surface area (Å²) >= 11 is 14.1. The highest BCUT2D eigenvalue weighted by atomic mass is 32.2. The fraction of sp³-hybridized carbons (Fsp3) is 0.333. The molecule has 0 aliphatic rings. The van der Waals surface area contributed by atoms with Gasteiger partial charge in [-0.3, -0.25) is 21.0 Å². The standard InChI is InChI=1S/C24H30N8O2S4/c35-23-27-25-21(31(23)29-19-7-3-1-4-8-19)17-37-15-13-33-11-12-34-14-16-38-18-22-26-28-24(36)32(22)30-20-9-5-2-6-10-20/h1-10,29-30H,11-18H2,(H,27,35)(H,28,36). The molecule has 0 unspecified atom stereocenters. The first kappa shape index (κ1) is 28.4. The Balaban J connectivity index is 1.03. The van der Waals surface area contributed by atoms with E-state index in [-0.39, 0.29) is 0 Å². The molecule has 38 heavy (non-hydrogen) atoms. The highest BCUT2D eigenvalue weighted by molar-refractivity contribution is 7.98. The van der Waals surface area contributed by atoms with Crippen molar-refractivity contribution in [2.24, 2.45) is 0 Å². The number of aromatic amines is 2. The minimum absolute atomic E-state index is 0.536. The molecule has 0 saturated heterocycles. The van der Waals surface area contributed by atoms with Crippen molar-refractivity contribution < 1.29 is 9.47 Å². The van der Waals surface area contributed by atoms with Gasteiger partial charge < -0.3 is 9.47 Å². The van der Waals surface area contributed by atoms with Gasteiger partial charge in [0.25, 0.3) is 0 Å². The summed E-state index contributed by atoms with van der Waals surface area (Å²) in [5.74, 6) is 4.81. The van der Waals surface area contributed by atoms with Crippen molar-refractivity contribution in [1.82, 2.24) is 29.7 Å². The van der Waals surface area contributed by atoms with Gasteiger partial charge in [0, 0.05) is 11.5 Å². The fourth-order valence-corrected chi connectivity index (χ4v) is 5.16. The quantitative estimate of drug-likeness (QED) is 0.0974. The second-order valence-corrected chi connectivity index (χ2v) is 10.8. The second kappa shape index (κ2) is 15.7. The van der Waals surface area contributed by atoms with Crippen LogP contribution in [0.25, 0.3) is 0 Å². The molecule has 0 amide bonds. The fourth-order valence-electron chi connectivity index (χ4n) is 3.25. The lowest BCUT2D eigenvalue weighted by atomic mass is 10.3. The number of aromatic nitrogens is 6. The minimum Gasteiger partial charge on any atom is -0.378 e. The molecular formula is C24H30N8O2S4. The predicted octanol–water partition coefficient (Wildman–Crippen LogP) is 5.14. The average Bonchev–Trinajstić information content (AvgIpc) is 3.47. The summed E-state index contributed by atoms with van der Waals surface area (Å²) in [5, 5.41) is 14.3. The molecular weight excluding hydrogens is 561 g/mol. The highest BCUT2D eigenvalue weighted by Gasteiger charge is 2.08. The van der Waals surface area contributed by atoms with Gasteiger partial charge in [-0.05, 0) is 48.7 Å². The van der Waals surface area contributed by atoms with Gasteiger partial charge in [0.05, 0.1) is 49.3 Å². The number of benzene rings is 2. The van der Waals surface area contributed by atoms with Crippen LogP contribution in [0, 0.1) is 9.54 Å². The molecule has 4 N–H and O–H groups in total. The first-order valence-corrected chi connectivity index (χ1v) is 15.1. The summed E-state index contributed by atoms with van der Waals surface area (Å²) in [6, 6.07) is 19.8. The van der Waals surface area contributed by atoms with Crippen molar-refractivity contribution in [2.45, 2.75) is 11.5 Å². The molecule has 4 rings (SSSR count). The lowest BCUT2D eigenvalue weighted by Gasteiger charge is -2.10. The number of hydrogen-bond acceptors (Lipinski definition) is 10. The number of rotatable bonds is 17. The summed E-state index contributed by atoms with van der Waals surface area (Å²) in [6.07, 6.45) is 0. The van der Waals surface area contributed by atoms with Crippen molar-refractivity contribution in [2.75, 3.05) is 48.8 Å². The lowest BCUT2D eigenvalue weighted by Crippen LogP contribution is -2.13. The zero-order chi connectivity index (χ0) is 26.4. The van der Waals surface area contributed by atoms with Gasteiger partial charge >= 0.3 is 0 Å². The molecule has 4 aromatic rings. The summed E-state index contributed by atoms with van der Waals surface area (Å²) in [7, 11) is 0. The van der Waals surface area contributed by atoms with Gasteiger partial charge in [-0.25, -0.2) is 9.35 Å². The molecule has 14 heteroatoms. The Bertz CT molecular complexity index is 1240. The molecule has 0 atom stereocenters. The molecule has 0 bridgehead atoms. The van der Waals surface area contributed by atoms with Gasteiger partial charge in [-0.2, -0.15) is 33.7 Å². The van der Waals surface area contributed by atoms with Crippen LogP contribution in [0.2, 0.25) is 0 Å². The van der Waals surface area contributed by atoms with Crippen LogP contribution in [0.1, 0.15) is 11.6 Å². The minimum atomic E-state index is 0.536. The number of ether oxygens (including phenoxy) is 2. The molecule has 0 spiro atoms. The normalized spacial score (nSPS) is 11.1. The van der Waals surface area contributed by atoms with E-state index in [9.17, 15) is 0 Å². The zero-order valence-corrected chi connectivity index (χ0v) is 23.9. The third-order valence-electron chi connectivity index (χ3n) is 5.09.